The number of benzene rings is 1. The van der Waals surface area contributed by atoms with E-state index in [0.29, 0.717) is 13.0 Å². The zero-order valence-electron chi connectivity index (χ0n) is 8.41. The van der Waals surface area contributed by atoms with Crippen molar-refractivity contribution in [2.75, 3.05) is 6.54 Å². The number of carboxylic acid groups (broad SMARTS) is 1. The number of halogens is 2. The molecule has 1 aliphatic rings. The minimum absolute atomic E-state index is 0.136. The van der Waals surface area contributed by atoms with Crippen LogP contribution in [0.4, 0.5) is 8.78 Å². The maximum atomic E-state index is 13.5. The second kappa shape index (κ2) is 4.17. The summed E-state index contributed by atoms with van der Waals surface area (Å²) < 4.78 is 26.5. The Morgan fingerprint density at radius 1 is 1.44 bits per heavy atom. The molecular formula is C11H11F2NO2. The third kappa shape index (κ3) is 1.90. The van der Waals surface area contributed by atoms with Crippen LogP contribution >= 0.6 is 0 Å². The predicted molar refractivity (Wildman–Crippen MR) is 53.1 cm³/mol. The van der Waals surface area contributed by atoms with Crippen molar-refractivity contribution in [1.82, 2.24) is 5.32 Å². The average Bonchev–Trinajstić information content (AvgIpc) is 2.70. The number of rotatable bonds is 2. The van der Waals surface area contributed by atoms with Crippen LogP contribution in [0.2, 0.25) is 0 Å². The molecule has 1 aromatic rings. The summed E-state index contributed by atoms with van der Waals surface area (Å²) in [4.78, 5) is 10.9. The van der Waals surface area contributed by atoms with E-state index in [1.165, 1.54) is 0 Å². The smallest absolute Gasteiger partial charge is 0.321 e. The normalized spacial score (nSPS) is 24.6. The molecule has 0 aromatic heterocycles. The van der Waals surface area contributed by atoms with E-state index in [2.05, 4.69) is 5.32 Å². The molecule has 0 aliphatic carbocycles. The van der Waals surface area contributed by atoms with Gasteiger partial charge in [0.1, 0.15) is 17.7 Å². The van der Waals surface area contributed by atoms with Gasteiger partial charge in [-0.05, 0) is 36.7 Å². The van der Waals surface area contributed by atoms with Crippen molar-refractivity contribution in [3.8, 4) is 0 Å². The monoisotopic (exact) mass is 227 g/mol. The van der Waals surface area contributed by atoms with Gasteiger partial charge in [-0.3, -0.25) is 4.79 Å². The minimum Gasteiger partial charge on any atom is -0.480 e. The van der Waals surface area contributed by atoms with Gasteiger partial charge < -0.3 is 10.4 Å². The second-order valence-corrected chi connectivity index (χ2v) is 3.83. The van der Waals surface area contributed by atoms with Gasteiger partial charge in [0.15, 0.2) is 0 Å². The highest BCUT2D eigenvalue weighted by Gasteiger charge is 2.35. The quantitative estimate of drug-likeness (QED) is 0.804. The Morgan fingerprint density at radius 3 is 2.88 bits per heavy atom. The zero-order valence-corrected chi connectivity index (χ0v) is 8.41. The Bertz CT molecular complexity index is 422. The third-order valence-electron chi connectivity index (χ3n) is 2.85. The molecule has 0 saturated carbocycles. The first kappa shape index (κ1) is 11.0. The highest BCUT2D eigenvalue weighted by atomic mass is 19.1. The molecule has 2 rings (SSSR count). The number of hydrogen-bond donors (Lipinski definition) is 2. The van der Waals surface area contributed by atoms with Crippen LogP contribution in [0.25, 0.3) is 0 Å². The Balaban J connectivity index is 2.35. The topological polar surface area (TPSA) is 49.3 Å². The molecule has 16 heavy (non-hydrogen) atoms. The van der Waals surface area contributed by atoms with Crippen molar-refractivity contribution in [3.05, 3.63) is 35.4 Å². The number of carbonyl (C=O) groups is 1. The summed E-state index contributed by atoms with van der Waals surface area (Å²) >= 11 is 0. The van der Waals surface area contributed by atoms with E-state index in [0.717, 1.165) is 18.2 Å². The van der Waals surface area contributed by atoms with E-state index in [1.54, 1.807) is 0 Å². The second-order valence-electron chi connectivity index (χ2n) is 3.83. The molecule has 2 N–H and O–H groups in total. The van der Waals surface area contributed by atoms with Gasteiger partial charge in [0, 0.05) is 5.92 Å². The van der Waals surface area contributed by atoms with Gasteiger partial charge in [0.25, 0.3) is 0 Å². The maximum Gasteiger partial charge on any atom is 0.321 e. The summed E-state index contributed by atoms with van der Waals surface area (Å²) in [5, 5.41) is 11.7. The summed E-state index contributed by atoms with van der Waals surface area (Å²) in [6, 6.07) is 2.29. The lowest BCUT2D eigenvalue weighted by atomic mass is 9.91. The summed E-state index contributed by atoms with van der Waals surface area (Å²) in [6.07, 6.45) is 0.497. The number of carboxylic acids is 1. The van der Waals surface area contributed by atoms with E-state index in [4.69, 9.17) is 5.11 Å². The molecule has 5 heteroatoms. The molecule has 1 aliphatic heterocycles. The fourth-order valence-electron chi connectivity index (χ4n) is 2.10. The lowest BCUT2D eigenvalue weighted by Crippen LogP contribution is -2.34. The van der Waals surface area contributed by atoms with Gasteiger partial charge in [-0.15, -0.1) is 0 Å². The van der Waals surface area contributed by atoms with Crippen LogP contribution in [0.3, 0.4) is 0 Å². The first-order chi connectivity index (χ1) is 7.59. The Kier molecular flexibility index (Phi) is 2.87. The van der Waals surface area contributed by atoms with Gasteiger partial charge in [-0.2, -0.15) is 0 Å². The largest absolute Gasteiger partial charge is 0.480 e. The molecule has 3 nitrogen and oxygen atoms in total. The molecule has 1 saturated heterocycles. The molecule has 86 valence electrons. The van der Waals surface area contributed by atoms with E-state index in [-0.39, 0.29) is 5.56 Å². The van der Waals surface area contributed by atoms with Crippen molar-refractivity contribution in [3.63, 3.8) is 0 Å². The maximum absolute atomic E-state index is 13.5. The summed E-state index contributed by atoms with van der Waals surface area (Å²) in [5.74, 6) is -2.65. The van der Waals surface area contributed by atoms with Gasteiger partial charge in [-0.1, -0.05) is 0 Å². The van der Waals surface area contributed by atoms with Crippen LogP contribution in [-0.2, 0) is 4.79 Å². The molecule has 1 fully saturated rings. The highest BCUT2D eigenvalue weighted by molar-refractivity contribution is 5.75. The summed E-state index contributed by atoms with van der Waals surface area (Å²) in [6.45, 7) is 0.498. The van der Waals surface area contributed by atoms with Crippen molar-refractivity contribution in [2.45, 2.75) is 18.4 Å². The molecule has 0 spiro atoms. The van der Waals surface area contributed by atoms with Crippen LogP contribution < -0.4 is 5.32 Å². The Hall–Kier alpha value is -1.49. The molecule has 2 unspecified atom stereocenters. The van der Waals surface area contributed by atoms with Crippen LogP contribution in [0, 0.1) is 11.6 Å². The van der Waals surface area contributed by atoms with E-state index < -0.39 is 29.6 Å². The summed E-state index contributed by atoms with van der Waals surface area (Å²) in [7, 11) is 0. The van der Waals surface area contributed by atoms with Crippen molar-refractivity contribution >= 4 is 5.97 Å². The Labute approximate surface area is 91.1 Å². The standard InChI is InChI=1S/C11H11F2NO2/c12-6-1-2-9(13)8(5-6)7-3-4-14-10(7)11(15)16/h1-2,5,7,10,14H,3-4H2,(H,15,16). The molecule has 1 aromatic carbocycles. The fraction of sp³-hybridized carbons (Fsp3) is 0.364. The SMILES string of the molecule is O=C(O)C1NCCC1c1cc(F)ccc1F. The molecular weight excluding hydrogens is 216 g/mol. The van der Waals surface area contributed by atoms with Gasteiger partial charge in [0.05, 0.1) is 0 Å². The van der Waals surface area contributed by atoms with E-state index in [1.807, 2.05) is 0 Å². The van der Waals surface area contributed by atoms with Crippen LogP contribution in [-0.4, -0.2) is 23.7 Å². The summed E-state index contributed by atoms with van der Waals surface area (Å²) in [5.41, 5.74) is 0.136. The van der Waals surface area contributed by atoms with Gasteiger partial charge >= 0.3 is 5.97 Å². The van der Waals surface area contributed by atoms with Gasteiger partial charge in [-0.25, -0.2) is 8.78 Å². The first-order valence-corrected chi connectivity index (χ1v) is 5.00. The fourth-order valence-corrected chi connectivity index (χ4v) is 2.10. The number of hydrogen-bond acceptors (Lipinski definition) is 2. The molecule has 1 heterocycles. The molecule has 0 amide bonds. The Morgan fingerprint density at radius 2 is 2.19 bits per heavy atom. The lowest BCUT2D eigenvalue weighted by Gasteiger charge is -2.16. The molecule has 0 radical (unpaired) electrons. The van der Waals surface area contributed by atoms with Crippen LogP contribution in [0.1, 0.15) is 17.9 Å². The van der Waals surface area contributed by atoms with E-state index in [9.17, 15) is 13.6 Å². The number of nitrogens with one attached hydrogen (secondary N) is 1. The zero-order chi connectivity index (χ0) is 11.7. The van der Waals surface area contributed by atoms with E-state index >= 15 is 0 Å². The van der Waals surface area contributed by atoms with Crippen molar-refractivity contribution < 1.29 is 18.7 Å². The minimum atomic E-state index is -1.04. The lowest BCUT2D eigenvalue weighted by molar-refractivity contribution is -0.139. The number of aliphatic carboxylic acids is 1. The molecule has 2 atom stereocenters. The average molecular weight is 227 g/mol. The highest BCUT2D eigenvalue weighted by Crippen LogP contribution is 2.30. The first-order valence-electron chi connectivity index (χ1n) is 5.00. The predicted octanol–water partition coefficient (Wildman–Crippen LogP) is 1.49. The van der Waals surface area contributed by atoms with Crippen molar-refractivity contribution in [1.29, 1.82) is 0 Å². The van der Waals surface area contributed by atoms with Crippen LogP contribution in [0.5, 0.6) is 0 Å². The third-order valence-corrected chi connectivity index (χ3v) is 2.85. The van der Waals surface area contributed by atoms with Crippen molar-refractivity contribution in [2.24, 2.45) is 0 Å². The van der Waals surface area contributed by atoms with Gasteiger partial charge in [0.2, 0.25) is 0 Å². The molecule has 0 bridgehead atoms. The van der Waals surface area contributed by atoms with Crippen LogP contribution in [0.15, 0.2) is 18.2 Å².